The van der Waals surface area contributed by atoms with Gasteiger partial charge < -0.3 is 4.42 Å². The Kier molecular flexibility index (Phi) is 1.80. The smallest absolute Gasteiger partial charge is 0.344 e. The molecule has 0 bridgehead atoms. The normalized spacial score (nSPS) is 11.1. The van der Waals surface area contributed by atoms with E-state index in [1.165, 1.54) is 12.1 Å². The van der Waals surface area contributed by atoms with Gasteiger partial charge in [-0.15, -0.1) is 0 Å². The fourth-order valence-electron chi connectivity index (χ4n) is 1.85. The van der Waals surface area contributed by atoms with Crippen molar-refractivity contribution in [3.05, 3.63) is 58.7 Å². The molecule has 16 heavy (non-hydrogen) atoms. The van der Waals surface area contributed by atoms with Crippen LogP contribution in [0.4, 0.5) is 4.39 Å². The molecular weight excluding hydrogens is 207 g/mol. The highest BCUT2D eigenvalue weighted by atomic mass is 19.1. The quantitative estimate of drug-likeness (QED) is 0.425. The second-order valence-electron chi connectivity index (χ2n) is 3.58. The Balaban J connectivity index is 2.64. The zero-order valence-electron chi connectivity index (χ0n) is 8.24. The van der Waals surface area contributed by atoms with E-state index in [1.807, 2.05) is 12.1 Å². The van der Waals surface area contributed by atoms with Gasteiger partial charge in [0.05, 0.1) is 5.39 Å². The van der Waals surface area contributed by atoms with Gasteiger partial charge in [0.15, 0.2) is 0 Å². The van der Waals surface area contributed by atoms with Crippen LogP contribution in [0.1, 0.15) is 0 Å². The molecule has 78 valence electrons. The van der Waals surface area contributed by atoms with E-state index in [-0.39, 0.29) is 5.58 Å². The van der Waals surface area contributed by atoms with E-state index in [0.717, 1.165) is 10.8 Å². The second-order valence-corrected chi connectivity index (χ2v) is 3.58. The van der Waals surface area contributed by atoms with Crippen LogP contribution in [0.15, 0.2) is 51.7 Å². The Morgan fingerprint density at radius 3 is 2.50 bits per heavy atom. The minimum atomic E-state index is -0.436. The van der Waals surface area contributed by atoms with Crippen LogP contribution in [0, 0.1) is 5.82 Å². The maximum atomic E-state index is 13.0. The fourth-order valence-corrected chi connectivity index (χ4v) is 1.85. The van der Waals surface area contributed by atoms with Crippen molar-refractivity contribution in [1.29, 1.82) is 0 Å². The predicted octanol–water partition coefficient (Wildman–Crippen LogP) is 3.09. The molecule has 2 aromatic carbocycles. The lowest BCUT2D eigenvalue weighted by atomic mass is 10.1. The van der Waals surface area contributed by atoms with E-state index in [2.05, 4.69) is 0 Å². The molecule has 0 radical (unpaired) electrons. The Morgan fingerprint density at radius 2 is 1.69 bits per heavy atom. The van der Waals surface area contributed by atoms with Gasteiger partial charge in [-0.05, 0) is 23.6 Å². The van der Waals surface area contributed by atoms with E-state index in [4.69, 9.17) is 4.42 Å². The lowest BCUT2D eigenvalue weighted by molar-refractivity contribution is 0.562. The fraction of sp³-hybridized carbons (Fsp3) is 0. The zero-order valence-corrected chi connectivity index (χ0v) is 8.24. The van der Waals surface area contributed by atoms with E-state index in [9.17, 15) is 9.18 Å². The van der Waals surface area contributed by atoms with Gasteiger partial charge in [0, 0.05) is 11.5 Å². The lowest BCUT2D eigenvalue weighted by Crippen LogP contribution is -1.99. The van der Waals surface area contributed by atoms with Crippen molar-refractivity contribution in [1.82, 2.24) is 0 Å². The van der Waals surface area contributed by atoms with E-state index in [1.54, 1.807) is 18.2 Å². The van der Waals surface area contributed by atoms with E-state index in [0.29, 0.717) is 5.39 Å². The topological polar surface area (TPSA) is 30.2 Å². The third-order valence-electron chi connectivity index (χ3n) is 2.58. The SMILES string of the molecule is O=c1oc2cc(F)ccc2c2ccccc12. The summed E-state index contributed by atoms with van der Waals surface area (Å²) in [5, 5.41) is 2.05. The van der Waals surface area contributed by atoms with Crippen molar-refractivity contribution in [2.45, 2.75) is 0 Å². The highest BCUT2D eigenvalue weighted by molar-refractivity contribution is 6.04. The number of fused-ring (bicyclic) bond motifs is 3. The van der Waals surface area contributed by atoms with Crippen LogP contribution in [0.2, 0.25) is 0 Å². The summed E-state index contributed by atoms with van der Waals surface area (Å²) < 4.78 is 18.1. The maximum absolute atomic E-state index is 13.0. The largest absolute Gasteiger partial charge is 0.422 e. The van der Waals surface area contributed by atoms with Gasteiger partial charge in [-0.25, -0.2) is 9.18 Å². The molecule has 1 heterocycles. The first-order chi connectivity index (χ1) is 7.75. The van der Waals surface area contributed by atoms with Crippen molar-refractivity contribution in [2.75, 3.05) is 0 Å². The molecule has 3 aromatic rings. The Morgan fingerprint density at radius 1 is 0.938 bits per heavy atom. The number of hydrogen-bond acceptors (Lipinski definition) is 2. The van der Waals surface area contributed by atoms with Crippen molar-refractivity contribution >= 4 is 21.7 Å². The van der Waals surface area contributed by atoms with Gasteiger partial charge >= 0.3 is 5.63 Å². The van der Waals surface area contributed by atoms with Crippen LogP contribution in [0.3, 0.4) is 0 Å². The average Bonchev–Trinajstić information content (AvgIpc) is 2.29. The highest BCUT2D eigenvalue weighted by Crippen LogP contribution is 2.22. The van der Waals surface area contributed by atoms with Crippen LogP contribution in [-0.4, -0.2) is 0 Å². The summed E-state index contributed by atoms with van der Waals surface area (Å²) in [5.41, 5.74) is -0.155. The molecule has 0 aliphatic heterocycles. The molecule has 3 rings (SSSR count). The third-order valence-corrected chi connectivity index (χ3v) is 2.58. The maximum Gasteiger partial charge on any atom is 0.344 e. The van der Waals surface area contributed by atoms with Crippen LogP contribution in [-0.2, 0) is 0 Å². The van der Waals surface area contributed by atoms with Gasteiger partial charge in [-0.2, -0.15) is 0 Å². The monoisotopic (exact) mass is 214 g/mol. The summed E-state index contributed by atoms with van der Waals surface area (Å²) in [7, 11) is 0. The van der Waals surface area contributed by atoms with Gasteiger partial charge in [0.1, 0.15) is 11.4 Å². The Hall–Kier alpha value is -2.16. The van der Waals surface area contributed by atoms with Gasteiger partial charge in [-0.3, -0.25) is 0 Å². The molecule has 0 unspecified atom stereocenters. The van der Waals surface area contributed by atoms with Crippen molar-refractivity contribution in [3.63, 3.8) is 0 Å². The van der Waals surface area contributed by atoms with Crippen LogP contribution < -0.4 is 5.63 Å². The molecular formula is C13H7FO2. The van der Waals surface area contributed by atoms with Crippen molar-refractivity contribution in [2.24, 2.45) is 0 Å². The molecule has 0 spiro atoms. The van der Waals surface area contributed by atoms with Gasteiger partial charge in [-0.1, -0.05) is 18.2 Å². The number of rotatable bonds is 0. The molecule has 0 aliphatic rings. The summed E-state index contributed by atoms with van der Waals surface area (Å²) in [6.07, 6.45) is 0. The molecule has 0 saturated heterocycles. The van der Waals surface area contributed by atoms with Crippen LogP contribution in [0.25, 0.3) is 21.7 Å². The molecule has 0 aliphatic carbocycles. The number of hydrogen-bond donors (Lipinski definition) is 0. The Labute approximate surface area is 89.9 Å². The first-order valence-electron chi connectivity index (χ1n) is 4.87. The standard InChI is InChI=1S/C13H7FO2/c14-8-5-6-10-9-3-1-2-4-11(9)13(15)16-12(10)7-8/h1-7H. The zero-order chi connectivity index (χ0) is 11.1. The minimum absolute atomic E-state index is 0.281. The summed E-state index contributed by atoms with van der Waals surface area (Å²) in [4.78, 5) is 11.6. The molecule has 0 saturated carbocycles. The summed E-state index contributed by atoms with van der Waals surface area (Å²) in [6, 6.07) is 11.3. The van der Waals surface area contributed by atoms with E-state index >= 15 is 0 Å². The van der Waals surface area contributed by atoms with Gasteiger partial charge in [0.25, 0.3) is 0 Å². The van der Waals surface area contributed by atoms with Gasteiger partial charge in [0.2, 0.25) is 0 Å². The lowest BCUT2D eigenvalue weighted by Gasteiger charge is -2.01. The summed E-state index contributed by atoms with van der Waals surface area (Å²) >= 11 is 0. The summed E-state index contributed by atoms with van der Waals surface area (Å²) in [6.45, 7) is 0. The molecule has 3 heteroatoms. The molecule has 2 nitrogen and oxygen atoms in total. The van der Waals surface area contributed by atoms with Crippen LogP contribution in [0.5, 0.6) is 0 Å². The van der Waals surface area contributed by atoms with Crippen LogP contribution >= 0.6 is 0 Å². The third kappa shape index (κ3) is 1.21. The molecule has 1 aromatic heterocycles. The van der Waals surface area contributed by atoms with Crippen molar-refractivity contribution < 1.29 is 8.81 Å². The molecule has 0 amide bonds. The first kappa shape index (κ1) is 9.09. The minimum Gasteiger partial charge on any atom is -0.422 e. The summed E-state index contributed by atoms with van der Waals surface area (Å²) in [5.74, 6) is -0.411. The molecule has 0 atom stereocenters. The first-order valence-corrected chi connectivity index (χ1v) is 4.87. The Bertz CT molecular complexity index is 744. The number of halogens is 1. The molecule has 0 N–H and O–H groups in total. The van der Waals surface area contributed by atoms with E-state index < -0.39 is 11.4 Å². The second kappa shape index (κ2) is 3.17. The molecule has 0 fully saturated rings. The predicted molar refractivity (Wildman–Crippen MR) is 59.9 cm³/mol. The van der Waals surface area contributed by atoms with Crippen molar-refractivity contribution in [3.8, 4) is 0 Å². The number of benzene rings is 2. The average molecular weight is 214 g/mol. The highest BCUT2D eigenvalue weighted by Gasteiger charge is 2.06.